The molecule has 0 aromatic heterocycles. The first kappa shape index (κ1) is 14.6. The van der Waals surface area contributed by atoms with E-state index in [1.54, 1.807) is 0 Å². The van der Waals surface area contributed by atoms with Crippen LogP contribution in [-0.4, -0.2) is 42.5 Å². The minimum Gasteiger partial charge on any atom is -0.396 e. The van der Waals surface area contributed by atoms with E-state index in [0.717, 1.165) is 45.1 Å². The minimum absolute atomic E-state index is 0.107. The fourth-order valence-corrected chi connectivity index (χ4v) is 3.08. The standard InChI is InChI=1S/C14H26N2O3/c1-14(7-4-8-19-14)10-15-13(18)16-12-6-3-2-5-11(12)9-17/h11-12,17H,2-10H2,1H3,(H2,15,16,18). The molecule has 110 valence electrons. The van der Waals surface area contributed by atoms with E-state index < -0.39 is 0 Å². The van der Waals surface area contributed by atoms with Gasteiger partial charge in [-0.05, 0) is 32.6 Å². The number of amides is 2. The van der Waals surface area contributed by atoms with Gasteiger partial charge in [-0.3, -0.25) is 0 Å². The summed E-state index contributed by atoms with van der Waals surface area (Å²) in [5.74, 6) is 0.206. The Morgan fingerprint density at radius 3 is 2.84 bits per heavy atom. The van der Waals surface area contributed by atoms with Gasteiger partial charge < -0.3 is 20.5 Å². The van der Waals surface area contributed by atoms with Crippen LogP contribution >= 0.6 is 0 Å². The van der Waals surface area contributed by atoms with Crippen LogP contribution in [0.5, 0.6) is 0 Å². The van der Waals surface area contributed by atoms with E-state index in [1.807, 2.05) is 6.92 Å². The topological polar surface area (TPSA) is 70.6 Å². The molecule has 0 aromatic rings. The summed E-state index contributed by atoms with van der Waals surface area (Å²) < 4.78 is 5.64. The lowest BCUT2D eigenvalue weighted by Crippen LogP contribution is -2.50. The second kappa shape index (κ2) is 6.57. The van der Waals surface area contributed by atoms with Gasteiger partial charge in [-0.25, -0.2) is 4.79 Å². The van der Waals surface area contributed by atoms with Crippen LogP contribution < -0.4 is 10.6 Å². The molecule has 1 saturated heterocycles. The third-order valence-corrected chi connectivity index (χ3v) is 4.38. The number of aliphatic hydroxyl groups is 1. The van der Waals surface area contributed by atoms with Crippen LogP contribution in [0.1, 0.15) is 45.4 Å². The Kier molecular flexibility index (Phi) is 5.05. The summed E-state index contributed by atoms with van der Waals surface area (Å²) >= 11 is 0. The molecule has 0 radical (unpaired) electrons. The summed E-state index contributed by atoms with van der Waals surface area (Å²) in [4.78, 5) is 11.9. The van der Waals surface area contributed by atoms with Crippen molar-refractivity contribution in [1.29, 1.82) is 0 Å². The highest BCUT2D eigenvalue weighted by atomic mass is 16.5. The smallest absolute Gasteiger partial charge is 0.315 e. The zero-order valence-corrected chi connectivity index (χ0v) is 11.8. The molecule has 1 aliphatic heterocycles. The number of carbonyl (C=O) groups excluding carboxylic acids is 1. The van der Waals surface area contributed by atoms with Crippen LogP contribution in [0, 0.1) is 5.92 Å². The molecule has 2 aliphatic rings. The van der Waals surface area contributed by atoms with Gasteiger partial charge in [-0.15, -0.1) is 0 Å². The minimum atomic E-state index is -0.208. The first-order valence-electron chi connectivity index (χ1n) is 7.42. The molecular formula is C14H26N2O3. The lowest BCUT2D eigenvalue weighted by atomic mass is 9.85. The fraction of sp³-hybridized carbons (Fsp3) is 0.929. The van der Waals surface area contributed by atoms with Crippen LogP contribution in [0.15, 0.2) is 0 Å². The number of rotatable bonds is 4. The lowest BCUT2D eigenvalue weighted by molar-refractivity contribution is 0.0227. The summed E-state index contributed by atoms with van der Waals surface area (Å²) in [6, 6.07) is -0.0295. The Hall–Kier alpha value is -0.810. The quantitative estimate of drug-likeness (QED) is 0.723. The first-order chi connectivity index (χ1) is 9.13. The molecule has 1 saturated carbocycles. The highest BCUT2D eigenvalue weighted by molar-refractivity contribution is 5.74. The largest absolute Gasteiger partial charge is 0.396 e. The van der Waals surface area contributed by atoms with E-state index >= 15 is 0 Å². The summed E-state index contributed by atoms with van der Waals surface area (Å²) in [6.45, 7) is 3.54. The Bertz CT molecular complexity index is 303. The predicted molar refractivity (Wildman–Crippen MR) is 73.0 cm³/mol. The van der Waals surface area contributed by atoms with Crippen LogP contribution in [0.25, 0.3) is 0 Å². The number of carbonyl (C=O) groups is 1. The SMILES string of the molecule is CC1(CNC(=O)NC2CCCCC2CO)CCCO1. The van der Waals surface area contributed by atoms with E-state index in [9.17, 15) is 9.90 Å². The molecule has 1 aliphatic carbocycles. The second-order valence-corrected chi connectivity index (χ2v) is 6.06. The molecule has 0 bridgehead atoms. The molecule has 0 aromatic carbocycles. The van der Waals surface area contributed by atoms with Crippen LogP contribution in [0.4, 0.5) is 4.79 Å². The Morgan fingerprint density at radius 1 is 1.37 bits per heavy atom. The maximum Gasteiger partial charge on any atom is 0.315 e. The van der Waals surface area contributed by atoms with E-state index in [2.05, 4.69) is 10.6 Å². The molecule has 0 spiro atoms. The van der Waals surface area contributed by atoms with Crippen LogP contribution in [-0.2, 0) is 4.74 Å². The van der Waals surface area contributed by atoms with Crippen molar-refractivity contribution in [3.05, 3.63) is 0 Å². The van der Waals surface area contributed by atoms with Gasteiger partial charge in [0.05, 0.1) is 5.60 Å². The second-order valence-electron chi connectivity index (χ2n) is 6.06. The number of hydrogen-bond donors (Lipinski definition) is 3. The van der Waals surface area contributed by atoms with Gasteiger partial charge >= 0.3 is 6.03 Å². The molecule has 1 heterocycles. The number of hydrogen-bond acceptors (Lipinski definition) is 3. The van der Waals surface area contributed by atoms with Gasteiger partial charge in [0.25, 0.3) is 0 Å². The number of aliphatic hydroxyl groups excluding tert-OH is 1. The van der Waals surface area contributed by atoms with Gasteiger partial charge in [-0.2, -0.15) is 0 Å². The van der Waals surface area contributed by atoms with Gasteiger partial charge in [0, 0.05) is 31.7 Å². The third-order valence-electron chi connectivity index (χ3n) is 4.38. The maximum atomic E-state index is 11.9. The lowest BCUT2D eigenvalue weighted by Gasteiger charge is -2.31. The zero-order chi connectivity index (χ0) is 13.7. The molecule has 3 unspecified atom stereocenters. The average molecular weight is 270 g/mol. The van der Waals surface area contributed by atoms with Crippen molar-refractivity contribution >= 4 is 6.03 Å². The van der Waals surface area contributed by atoms with Gasteiger partial charge in [0.2, 0.25) is 0 Å². The fourth-order valence-electron chi connectivity index (χ4n) is 3.08. The molecule has 5 heteroatoms. The molecule has 2 amide bonds. The highest BCUT2D eigenvalue weighted by Gasteiger charge is 2.31. The summed E-state index contributed by atoms with van der Waals surface area (Å²) in [5.41, 5.74) is -0.208. The third kappa shape index (κ3) is 4.08. The van der Waals surface area contributed by atoms with Crippen molar-refractivity contribution in [2.24, 2.45) is 5.92 Å². The van der Waals surface area contributed by atoms with Gasteiger partial charge in [0.15, 0.2) is 0 Å². The molecule has 19 heavy (non-hydrogen) atoms. The monoisotopic (exact) mass is 270 g/mol. The van der Waals surface area contributed by atoms with E-state index in [1.165, 1.54) is 0 Å². The van der Waals surface area contributed by atoms with Crippen molar-refractivity contribution in [3.63, 3.8) is 0 Å². The normalized spacial score (nSPS) is 35.1. The Balaban J connectivity index is 1.74. The highest BCUT2D eigenvalue weighted by Crippen LogP contribution is 2.25. The summed E-state index contributed by atoms with van der Waals surface area (Å²) in [7, 11) is 0. The van der Waals surface area contributed by atoms with E-state index in [-0.39, 0.29) is 30.2 Å². The molecule has 5 nitrogen and oxygen atoms in total. The molecule has 3 atom stereocenters. The van der Waals surface area contributed by atoms with Crippen molar-refractivity contribution in [2.45, 2.75) is 57.1 Å². The molecule has 3 N–H and O–H groups in total. The van der Waals surface area contributed by atoms with Crippen molar-refractivity contribution in [1.82, 2.24) is 10.6 Å². The number of urea groups is 1. The predicted octanol–water partition coefficient (Wildman–Crippen LogP) is 1.41. The number of ether oxygens (including phenoxy) is 1. The van der Waals surface area contributed by atoms with Crippen LogP contribution in [0.3, 0.4) is 0 Å². The van der Waals surface area contributed by atoms with Crippen molar-refractivity contribution in [3.8, 4) is 0 Å². The van der Waals surface area contributed by atoms with Gasteiger partial charge in [-0.1, -0.05) is 12.8 Å². The maximum absolute atomic E-state index is 11.9. The van der Waals surface area contributed by atoms with Crippen molar-refractivity contribution in [2.75, 3.05) is 19.8 Å². The van der Waals surface area contributed by atoms with E-state index in [0.29, 0.717) is 6.54 Å². The Morgan fingerprint density at radius 2 is 2.16 bits per heavy atom. The van der Waals surface area contributed by atoms with Crippen LogP contribution in [0.2, 0.25) is 0 Å². The Labute approximate surface area is 115 Å². The molecular weight excluding hydrogens is 244 g/mol. The average Bonchev–Trinajstić information content (AvgIpc) is 2.85. The summed E-state index contributed by atoms with van der Waals surface area (Å²) in [6.07, 6.45) is 6.30. The molecule has 2 rings (SSSR count). The first-order valence-corrected chi connectivity index (χ1v) is 7.42. The number of nitrogens with one attached hydrogen (secondary N) is 2. The zero-order valence-electron chi connectivity index (χ0n) is 11.8. The van der Waals surface area contributed by atoms with E-state index in [4.69, 9.17) is 4.74 Å². The van der Waals surface area contributed by atoms with Gasteiger partial charge in [0.1, 0.15) is 0 Å². The van der Waals surface area contributed by atoms with Crippen molar-refractivity contribution < 1.29 is 14.6 Å². The molecule has 2 fully saturated rings. The summed E-state index contributed by atoms with van der Waals surface area (Å²) in [5, 5.41) is 15.2.